The van der Waals surface area contributed by atoms with Crippen molar-refractivity contribution < 1.29 is 23.9 Å². The third-order valence-corrected chi connectivity index (χ3v) is 4.47. The van der Waals surface area contributed by atoms with Crippen molar-refractivity contribution in [1.29, 1.82) is 0 Å². The molecule has 2 N–H and O–H groups in total. The van der Waals surface area contributed by atoms with Crippen molar-refractivity contribution in [3.8, 4) is 5.75 Å². The van der Waals surface area contributed by atoms with Gasteiger partial charge in [0, 0.05) is 23.4 Å². The van der Waals surface area contributed by atoms with Crippen molar-refractivity contribution in [3.63, 3.8) is 0 Å². The average molecular weight is 432 g/mol. The zero-order valence-electron chi connectivity index (χ0n) is 17.7. The molecule has 0 fully saturated rings. The molecule has 2 amide bonds. The standard InChI is InChI=1S/C25H24N2O5/c1-2-31-25(30)32-22-14-12-19(13-15-22)24(29)27-21-10-6-9-20(17-21)26-23(28)16-11-18-7-4-3-5-8-18/h3-10,12-15,17H,2,11,16H2,1H3,(H,26,28)(H,27,29). The molecule has 0 bridgehead atoms. The summed E-state index contributed by atoms with van der Waals surface area (Å²) in [4.78, 5) is 36.1. The first-order valence-electron chi connectivity index (χ1n) is 10.2. The van der Waals surface area contributed by atoms with E-state index in [0.717, 1.165) is 5.56 Å². The lowest BCUT2D eigenvalue weighted by molar-refractivity contribution is -0.116. The Labute approximate surface area is 186 Å². The Morgan fingerprint density at radius 2 is 1.50 bits per heavy atom. The Hall–Kier alpha value is -4.13. The molecule has 164 valence electrons. The summed E-state index contributed by atoms with van der Waals surface area (Å²) in [6.07, 6.45) is 0.215. The van der Waals surface area contributed by atoms with Crippen LogP contribution in [0.2, 0.25) is 0 Å². The van der Waals surface area contributed by atoms with Gasteiger partial charge in [-0.1, -0.05) is 36.4 Å². The molecule has 3 rings (SSSR count). The van der Waals surface area contributed by atoms with E-state index in [1.807, 2.05) is 30.3 Å². The van der Waals surface area contributed by atoms with Gasteiger partial charge in [0.1, 0.15) is 5.75 Å². The van der Waals surface area contributed by atoms with Crippen LogP contribution in [0.3, 0.4) is 0 Å². The van der Waals surface area contributed by atoms with Crippen LogP contribution in [0, 0.1) is 0 Å². The van der Waals surface area contributed by atoms with Crippen LogP contribution in [-0.2, 0) is 16.0 Å². The topological polar surface area (TPSA) is 93.7 Å². The summed E-state index contributed by atoms with van der Waals surface area (Å²) < 4.78 is 9.68. The van der Waals surface area contributed by atoms with Gasteiger partial charge in [-0.2, -0.15) is 0 Å². The third kappa shape index (κ3) is 6.98. The quantitative estimate of drug-likeness (QED) is 0.384. The summed E-state index contributed by atoms with van der Waals surface area (Å²) in [7, 11) is 0. The predicted molar refractivity (Wildman–Crippen MR) is 122 cm³/mol. The fraction of sp³-hybridized carbons (Fsp3) is 0.160. The number of nitrogens with one attached hydrogen (secondary N) is 2. The van der Waals surface area contributed by atoms with E-state index in [1.165, 1.54) is 12.1 Å². The zero-order chi connectivity index (χ0) is 22.8. The van der Waals surface area contributed by atoms with Gasteiger partial charge in [0.05, 0.1) is 6.61 Å². The summed E-state index contributed by atoms with van der Waals surface area (Å²) >= 11 is 0. The van der Waals surface area contributed by atoms with E-state index in [0.29, 0.717) is 29.8 Å². The average Bonchev–Trinajstić information content (AvgIpc) is 2.79. The maximum Gasteiger partial charge on any atom is 0.513 e. The number of hydrogen-bond donors (Lipinski definition) is 2. The van der Waals surface area contributed by atoms with Crippen LogP contribution < -0.4 is 15.4 Å². The second-order valence-electron chi connectivity index (χ2n) is 6.88. The van der Waals surface area contributed by atoms with Crippen LogP contribution >= 0.6 is 0 Å². The summed E-state index contributed by atoms with van der Waals surface area (Å²) in [5.74, 6) is -0.157. The second kappa shape index (κ2) is 11.3. The van der Waals surface area contributed by atoms with Gasteiger partial charge in [0.25, 0.3) is 5.91 Å². The highest BCUT2D eigenvalue weighted by molar-refractivity contribution is 6.04. The van der Waals surface area contributed by atoms with Crippen LogP contribution in [0.1, 0.15) is 29.3 Å². The molecule has 0 aliphatic carbocycles. The van der Waals surface area contributed by atoms with E-state index in [9.17, 15) is 14.4 Å². The molecule has 7 nitrogen and oxygen atoms in total. The lowest BCUT2D eigenvalue weighted by atomic mass is 10.1. The minimum absolute atomic E-state index is 0.102. The minimum Gasteiger partial charge on any atom is -0.434 e. The fourth-order valence-electron chi connectivity index (χ4n) is 2.92. The Kier molecular flexibility index (Phi) is 7.97. The number of ether oxygens (including phenoxy) is 2. The van der Waals surface area contributed by atoms with Crippen LogP contribution in [-0.4, -0.2) is 24.6 Å². The van der Waals surface area contributed by atoms with Gasteiger partial charge in [-0.25, -0.2) is 4.79 Å². The highest BCUT2D eigenvalue weighted by Crippen LogP contribution is 2.18. The lowest BCUT2D eigenvalue weighted by Gasteiger charge is -2.10. The molecule has 0 saturated carbocycles. The predicted octanol–water partition coefficient (Wildman–Crippen LogP) is 5.05. The Morgan fingerprint density at radius 1 is 0.812 bits per heavy atom. The highest BCUT2D eigenvalue weighted by atomic mass is 16.7. The van der Waals surface area contributed by atoms with Crippen LogP contribution in [0.25, 0.3) is 0 Å². The zero-order valence-corrected chi connectivity index (χ0v) is 17.7. The molecular formula is C25H24N2O5. The smallest absolute Gasteiger partial charge is 0.434 e. The maximum atomic E-state index is 12.5. The fourth-order valence-corrected chi connectivity index (χ4v) is 2.92. The van der Waals surface area contributed by atoms with Crippen molar-refractivity contribution in [3.05, 3.63) is 90.0 Å². The molecule has 0 radical (unpaired) electrons. The normalized spacial score (nSPS) is 10.2. The summed E-state index contributed by atoms with van der Waals surface area (Å²) in [5.41, 5.74) is 2.63. The molecule has 0 heterocycles. The van der Waals surface area contributed by atoms with Gasteiger partial charge < -0.3 is 20.1 Å². The van der Waals surface area contributed by atoms with Gasteiger partial charge >= 0.3 is 6.16 Å². The van der Waals surface area contributed by atoms with Gasteiger partial charge in [-0.05, 0) is 61.4 Å². The van der Waals surface area contributed by atoms with Gasteiger partial charge in [0.15, 0.2) is 0 Å². The SMILES string of the molecule is CCOC(=O)Oc1ccc(C(=O)Nc2cccc(NC(=O)CCc3ccccc3)c2)cc1. The molecule has 3 aromatic carbocycles. The van der Waals surface area contributed by atoms with Crippen LogP contribution in [0.15, 0.2) is 78.9 Å². The number of carbonyl (C=O) groups excluding carboxylic acids is 3. The number of rotatable bonds is 8. The lowest BCUT2D eigenvalue weighted by Crippen LogP contribution is -2.14. The molecule has 0 atom stereocenters. The Balaban J connectivity index is 1.54. The first-order chi connectivity index (χ1) is 15.5. The molecular weight excluding hydrogens is 408 g/mol. The van der Waals surface area contributed by atoms with E-state index >= 15 is 0 Å². The Bertz CT molecular complexity index is 1070. The molecule has 0 spiro atoms. The summed E-state index contributed by atoms with van der Waals surface area (Å²) in [5, 5.41) is 5.64. The molecule has 0 aliphatic rings. The third-order valence-electron chi connectivity index (χ3n) is 4.47. The van der Waals surface area contributed by atoms with E-state index in [2.05, 4.69) is 10.6 Å². The van der Waals surface area contributed by atoms with Crippen LogP contribution in [0.5, 0.6) is 5.75 Å². The number of aryl methyl sites for hydroxylation is 1. The van der Waals surface area contributed by atoms with Gasteiger partial charge in [0.2, 0.25) is 5.91 Å². The summed E-state index contributed by atoms with van der Waals surface area (Å²) in [6.45, 7) is 1.89. The van der Waals surface area contributed by atoms with Crippen molar-refractivity contribution in [1.82, 2.24) is 0 Å². The molecule has 0 saturated heterocycles. The van der Waals surface area contributed by atoms with E-state index in [1.54, 1.807) is 43.3 Å². The number of benzene rings is 3. The number of carbonyl (C=O) groups is 3. The number of anilines is 2. The van der Waals surface area contributed by atoms with Gasteiger partial charge in [-0.15, -0.1) is 0 Å². The molecule has 3 aromatic rings. The Morgan fingerprint density at radius 3 is 2.19 bits per heavy atom. The molecule has 32 heavy (non-hydrogen) atoms. The van der Waals surface area contributed by atoms with Crippen molar-refractivity contribution in [2.75, 3.05) is 17.2 Å². The molecule has 0 aromatic heterocycles. The van der Waals surface area contributed by atoms with E-state index in [-0.39, 0.29) is 24.2 Å². The van der Waals surface area contributed by atoms with Crippen molar-refractivity contribution >= 4 is 29.3 Å². The largest absolute Gasteiger partial charge is 0.513 e. The van der Waals surface area contributed by atoms with E-state index in [4.69, 9.17) is 9.47 Å². The second-order valence-corrected chi connectivity index (χ2v) is 6.88. The monoisotopic (exact) mass is 432 g/mol. The van der Waals surface area contributed by atoms with Gasteiger partial charge in [-0.3, -0.25) is 9.59 Å². The number of hydrogen-bond acceptors (Lipinski definition) is 5. The first kappa shape index (κ1) is 22.6. The highest BCUT2D eigenvalue weighted by Gasteiger charge is 2.10. The van der Waals surface area contributed by atoms with E-state index < -0.39 is 6.16 Å². The molecule has 0 unspecified atom stereocenters. The minimum atomic E-state index is -0.799. The van der Waals surface area contributed by atoms with Crippen LogP contribution in [0.4, 0.5) is 16.2 Å². The maximum absolute atomic E-state index is 12.5. The first-order valence-corrected chi connectivity index (χ1v) is 10.2. The van der Waals surface area contributed by atoms with Crippen molar-refractivity contribution in [2.45, 2.75) is 19.8 Å². The molecule has 0 aliphatic heterocycles. The molecule has 7 heteroatoms. The number of amides is 2. The summed E-state index contributed by atoms with van der Waals surface area (Å²) in [6, 6.07) is 22.8. The van der Waals surface area contributed by atoms with Crippen molar-refractivity contribution in [2.24, 2.45) is 0 Å².